The highest BCUT2D eigenvalue weighted by Gasteiger charge is 2.37. The number of imide groups is 1. The van der Waals surface area contributed by atoms with E-state index in [9.17, 15) is 19.2 Å². The standard InChI is InChI=1S/C20H18N2O5/c1-21(2)20(26)17(13-8-4-3-5-9-13)27-16(23)12-22-18(24)14-10-6-7-11-15(14)19(22)25/h3-11,17H,12H2,1-2H3/t17-/m0/s1. The van der Waals surface area contributed by atoms with E-state index in [0.717, 1.165) is 4.90 Å². The first-order valence-electron chi connectivity index (χ1n) is 8.31. The maximum atomic E-state index is 12.4. The Kier molecular flexibility index (Phi) is 5.03. The Bertz CT molecular complexity index is 873. The van der Waals surface area contributed by atoms with Gasteiger partial charge < -0.3 is 9.64 Å². The molecule has 0 saturated heterocycles. The lowest BCUT2D eigenvalue weighted by atomic mass is 10.1. The average Bonchev–Trinajstić information content (AvgIpc) is 2.91. The lowest BCUT2D eigenvalue weighted by Crippen LogP contribution is -2.38. The number of fused-ring (bicyclic) bond motifs is 1. The molecule has 138 valence electrons. The minimum absolute atomic E-state index is 0.249. The molecule has 0 saturated carbocycles. The van der Waals surface area contributed by atoms with Gasteiger partial charge in [-0.15, -0.1) is 0 Å². The van der Waals surface area contributed by atoms with Crippen molar-refractivity contribution in [1.82, 2.24) is 9.80 Å². The van der Waals surface area contributed by atoms with E-state index in [1.54, 1.807) is 56.6 Å². The van der Waals surface area contributed by atoms with Crippen molar-refractivity contribution in [2.24, 2.45) is 0 Å². The fraction of sp³-hybridized carbons (Fsp3) is 0.200. The summed E-state index contributed by atoms with van der Waals surface area (Å²) in [7, 11) is 3.10. The topological polar surface area (TPSA) is 84.0 Å². The Morgan fingerprint density at radius 3 is 1.96 bits per heavy atom. The smallest absolute Gasteiger partial charge is 0.327 e. The van der Waals surface area contributed by atoms with Crippen LogP contribution < -0.4 is 0 Å². The van der Waals surface area contributed by atoms with Crippen molar-refractivity contribution in [2.45, 2.75) is 6.10 Å². The molecular weight excluding hydrogens is 348 g/mol. The minimum atomic E-state index is -1.15. The van der Waals surface area contributed by atoms with Gasteiger partial charge in [-0.3, -0.25) is 24.1 Å². The van der Waals surface area contributed by atoms with E-state index in [1.165, 1.54) is 17.0 Å². The van der Waals surface area contributed by atoms with Gasteiger partial charge in [0.05, 0.1) is 11.1 Å². The number of likely N-dealkylation sites (N-methyl/N-ethyl adjacent to an activating group) is 1. The molecule has 0 radical (unpaired) electrons. The molecule has 0 aliphatic carbocycles. The van der Waals surface area contributed by atoms with E-state index in [4.69, 9.17) is 4.74 Å². The summed E-state index contributed by atoms with van der Waals surface area (Å²) >= 11 is 0. The van der Waals surface area contributed by atoms with Crippen LogP contribution in [0.5, 0.6) is 0 Å². The molecule has 2 aromatic carbocycles. The van der Waals surface area contributed by atoms with Gasteiger partial charge in [-0.25, -0.2) is 0 Å². The summed E-state index contributed by atoms with van der Waals surface area (Å²) in [5.74, 6) is -2.36. The number of hydrogen-bond acceptors (Lipinski definition) is 5. The van der Waals surface area contributed by atoms with Crippen molar-refractivity contribution in [3.05, 3.63) is 71.3 Å². The molecule has 1 aliphatic heterocycles. The van der Waals surface area contributed by atoms with Gasteiger partial charge in [0.2, 0.25) is 6.10 Å². The molecule has 7 nitrogen and oxygen atoms in total. The van der Waals surface area contributed by atoms with E-state index in [-0.39, 0.29) is 11.1 Å². The molecular formula is C20H18N2O5. The summed E-state index contributed by atoms with van der Waals surface area (Å²) in [5.41, 5.74) is 1.01. The number of rotatable bonds is 5. The predicted molar refractivity (Wildman–Crippen MR) is 95.8 cm³/mol. The number of hydrogen-bond donors (Lipinski definition) is 0. The molecule has 2 aromatic rings. The Balaban J connectivity index is 1.77. The summed E-state index contributed by atoms with van der Waals surface area (Å²) in [6, 6.07) is 14.9. The van der Waals surface area contributed by atoms with Gasteiger partial charge in [-0.05, 0) is 12.1 Å². The zero-order valence-electron chi connectivity index (χ0n) is 14.9. The summed E-state index contributed by atoms with van der Waals surface area (Å²) in [6.07, 6.45) is -1.15. The van der Waals surface area contributed by atoms with Gasteiger partial charge in [0, 0.05) is 19.7 Å². The van der Waals surface area contributed by atoms with Crippen molar-refractivity contribution in [3.63, 3.8) is 0 Å². The normalized spacial score (nSPS) is 13.9. The lowest BCUT2D eigenvalue weighted by Gasteiger charge is -2.22. The molecule has 0 aromatic heterocycles. The maximum absolute atomic E-state index is 12.4. The van der Waals surface area contributed by atoms with Crippen LogP contribution in [0.3, 0.4) is 0 Å². The van der Waals surface area contributed by atoms with Crippen molar-refractivity contribution >= 4 is 23.7 Å². The fourth-order valence-corrected chi connectivity index (χ4v) is 2.80. The van der Waals surface area contributed by atoms with E-state index < -0.39 is 36.3 Å². The van der Waals surface area contributed by atoms with Crippen LogP contribution in [0.2, 0.25) is 0 Å². The number of carbonyl (C=O) groups is 4. The molecule has 7 heteroatoms. The SMILES string of the molecule is CN(C)C(=O)[C@@H](OC(=O)CN1C(=O)c2ccccc2C1=O)c1ccccc1. The Labute approximate surface area is 156 Å². The first-order chi connectivity index (χ1) is 12.9. The molecule has 0 unspecified atom stereocenters. The molecule has 0 spiro atoms. The maximum Gasteiger partial charge on any atom is 0.327 e. The minimum Gasteiger partial charge on any atom is -0.446 e. The van der Waals surface area contributed by atoms with Crippen LogP contribution in [-0.2, 0) is 14.3 Å². The zero-order valence-corrected chi connectivity index (χ0v) is 14.9. The van der Waals surface area contributed by atoms with Gasteiger partial charge >= 0.3 is 5.97 Å². The summed E-state index contributed by atoms with van der Waals surface area (Å²) in [5, 5.41) is 0. The number of esters is 1. The van der Waals surface area contributed by atoms with Crippen molar-refractivity contribution in [3.8, 4) is 0 Å². The first-order valence-corrected chi connectivity index (χ1v) is 8.31. The van der Waals surface area contributed by atoms with Crippen LogP contribution >= 0.6 is 0 Å². The Morgan fingerprint density at radius 1 is 0.926 bits per heavy atom. The number of benzene rings is 2. The molecule has 1 atom stereocenters. The summed E-state index contributed by atoms with van der Waals surface area (Å²) in [6.45, 7) is -0.559. The van der Waals surface area contributed by atoms with Crippen LogP contribution in [-0.4, -0.2) is 54.1 Å². The summed E-state index contributed by atoms with van der Waals surface area (Å²) < 4.78 is 5.34. The third-order valence-electron chi connectivity index (χ3n) is 4.18. The molecule has 27 heavy (non-hydrogen) atoms. The molecule has 1 heterocycles. The van der Waals surface area contributed by atoms with Crippen LogP contribution in [0.25, 0.3) is 0 Å². The molecule has 0 fully saturated rings. The van der Waals surface area contributed by atoms with Gasteiger partial charge in [0.25, 0.3) is 17.7 Å². The Morgan fingerprint density at radius 2 is 1.44 bits per heavy atom. The molecule has 3 rings (SSSR count). The number of nitrogens with zero attached hydrogens (tertiary/aromatic N) is 2. The van der Waals surface area contributed by atoms with Gasteiger partial charge in [0.15, 0.2) is 0 Å². The largest absolute Gasteiger partial charge is 0.446 e. The van der Waals surface area contributed by atoms with Gasteiger partial charge in [0.1, 0.15) is 6.54 Å². The van der Waals surface area contributed by atoms with Crippen molar-refractivity contribution in [2.75, 3.05) is 20.6 Å². The van der Waals surface area contributed by atoms with Crippen LogP contribution in [0.4, 0.5) is 0 Å². The van der Waals surface area contributed by atoms with E-state index >= 15 is 0 Å². The van der Waals surface area contributed by atoms with E-state index in [2.05, 4.69) is 0 Å². The molecule has 0 N–H and O–H groups in total. The highest BCUT2D eigenvalue weighted by atomic mass is 16.5. The second-order valence-corrected chi connectivity index (χ2v) is 6.26. The highest BCUT2D eigenvalue weighted by Crippen LogP contribution is 2.24. The first kappa shape index (κ1) is 18.3. The van der Waals surface area contributed by atoms with Crippen LogP contribution in [0.15, 0.2) is 54.6 Å². The number of carbonyl (C=O) groups excluding carboxylic acids is 4. The average molecular weight is 366 g/mol. The van der Waals surface area contributed by atoms with Gasteiger partial charge in [-0.1, -0.05) is 42.5 Å². The third kappa shape index (κ3) is 3.57. The Hall–Kier alpha value is -3.48. The zero-order chi connectivity index (χ0) is 19.6. The monoisotopic (exact) mass is 366 g/mol. The fourth-order valence-electron chi connectivity index (χ4n) is 2.80. The predicted octanol–water partition coefficient (Wildman–Crippen LogP) is 1.66. The second-order valence-electron chi connectivity index (χ2n) is 6.26. The quantitative estimate of drug-likeness (QED) is 0.594. The highest BCUT2D eigenvalue weighted by molar-refractivity contribution is 6.22. The van der Waals surface area contributed by atoms with Gasteiger partial charge in [-0.2, -0.15) is 0 Å². The van der Waals surface area contributed by atoms with Crippen molar-refractivity contribution in [1.29, 1.82) is 0 Å². The van der Waals surface area contributed by atoms with E-state index in [1.807, 2.05) is 0 Å². The van der Waals surface area contributed by atoms with Crippen molar-refractivity contribution < 1.29 is 23.9 Å². The summed E-state index contributed by atoms with van der Waals surface area (Å²) in [4.78, 5) is 51.7. The number of amides is 3. The van der Waals surface area contributed by atoms with E-state index in [0.29, 0.717) is 5.56 Å². The third-order valence-corrected chi connectivity index (χ3v) is 4.18. The van der Waals surface area contributed by atoms with Crippen LogP contribution in [0.1, 0.15) is 32.4 Å². The second kappa shape index (κ2) is 7.41. The molecule has 1 aliphatic rings. The van der Waals surface area contributed by atoms with Crippen LogP contribution in [0, 0.1) is 0 Å². The molecule has 3 amide bonds. The molecule has 0 bridgehead atoms. The lowest BCUT2D eigenvalue weighted by molar-refractivity contribution is -0.159. The number of ether oxygens (including phenoxy) is 1.